The molecule has 0 unspecified atom stereocenters. The Labute approximate surface area is 157 Å². The first-order chi connectivity index (χ1) is 13.3. The van der Waals surface area contributed by atoms with Crippen LogP contribution in [-0.2, 0) is 0 Å². The van der Waals surface area contributed by atoms with Gasteiger partial charge in [-0.2, -0.15) is 0 Å². The van der Waals surface area contributed by atoms with E-state index in [2.05, 4.69) is 22.1 Å². The molecule has 0 bridgehead atoms. The van der Waals surface area contributed by atoms with Gasteiger partial charge < -0.3 is 14.8 Å². The molecule has 1 amide bonds. The summed E-state index contributed by atoms with van der Waals surface area (Å²) >= 11 is 0. The van der Waals surface area contributed by atoms with Crippen LogP contribution < -0.4 is 14.8 Å². The molecule has 0 saturated carbocycles. The van der Waals surface area contributed by atoms with E-state index in [1.54, 1.807) is 24.4 Å². The highest BCUT2D eigenvalue weighted by Crippen LogP contribution is 2.31. The summed E-state index contributed by atoms with van der Waals surface area (Å²) in [6.45, 7) is 1.000. The Bertz CT molecular complexity index is 1040. The zero-order valence-electron chi connectivity index (χ0n) is 14.4. The van der Waals surface area contributed by atoms with Gasteiger partial charge in [-0.05, 0) is 54.5 Å². The average molecular weight is 356 g/mol. The van der Waals surface area contributed by atoms with Crippen molar-refractivity contribution >= 4 is 11.6 Å². The van der Waals surface area contributed by atoms with Crippen LogP contribution in [0.5, 0.6) is 11.5 Å². The van der Waals surface area contributed by atoms with E-state index in [1.807, 2.05) is 42.5 Å². The van der Waals surface area contributed by atoms with E-state index in [0.29, 0.717) is 41.7 Å². The Balaban J connectivity index is 1.50. The van der Waals surface area contributed by atoms with Gasteiger partial charge in [0, 0.05) is 23.0 Å². The molecular formula is C22H16N2O3. The molecule has 132 valence electrons. The molecule has 0 aliphatic carbocycles. The smallest absolute Gasteiger partial charge is 0.255 e. The van der Waals surface area contributed by atoms with Gasteiger partial charge in [0.15, 0.2) is 11.5 Å². The normalized spacial score (nSPS) is 11.9. The predicted molar refractivity (Wildman–Crippen MR) is 102 cm³/mol. The number of amides is 1. The molecule has 0 fully saturated rings. The van der Waals surface area contributed by atoms with Gasteiger partial charge in [-0.1, -0.05) is 18.1 Å². The number of hydrogen-bond acceptors (Lipinski definition) is 4. The molecule has 1 aliphatic rings. The minimum atomic E-state index is -0.221. The zero-order chi connectivity index (χ0) is 18.5. The molecule has 3 aromatic rings. The van der Waals surface area contributed by atoms with Gasteiger partial charge in [0.2, 0.25) is 0 Å². The first-order valence-electron chi connectivity index (χ1n) is 8.52. The van der Waals surface area contributed by atoms with Crippen molar-refractivity contribution in [3.63, 3.8) is 0 Å². The first-order valence-corrected chi connectivity index (χ1v) is 8.52. The molecule has 5 nitrogen and oxygen atoms in total. The summed E-state index contributed by atoms with van der Waals surface area (Å²) in [6.07, 6.45) is 1.70. The maximum atomic E-state index is 12.5. The fraction of sp³-hybridized carbons (Fsp3) is 0.0909. The van der Waals surface area contributed by atoms with E-state index in [1.165, 1.54) is 0 Å². The van der Waals surface area contributed by atoms with Crippen LogP contribution in [0, 0.1) is 11.8 Å². The number of aromatic nitrogens is 1. The standard InChI is InChI=1S/C22H16N2O3/c25-22(17-8-10-20-21(15-17)27-13-12-26-20)24-19-6-3-4-16(14-19)7-9-18-5-1-2-11-23-18/h1-6,8,10-11,14-15H,12-13H2,(H,24,25). The molecule has 27 heavy (non-hydrogen) atoms. The number of benzene rings is 2. The second-order valence-electron chi connectivity index (χ2n) is 5.86. The van der Waals surface area contributed by atoms with E-state index in [9.17, 15) is 4.79 Å². The number of pyridine rings is 1. The number of hydrogen-bond donors (Lipinski definition) is 1. The second kappa shape index (κ2) is 7.63. The molecule has 2 aromatic carbocycles. The largest absolute Gasteiger partial charge is 0.486 e. The Kier molecular flexibility index (Phi) is 4.71. The summed E-state index contributed by atoms with van der Waals surface area (Å²) in [6, 6.07) is 18.1. The number of carbonyl (C=O) groups excluding carboxylic acids is 1. The number of carbonyl (C=O) groups is 1. The zero-order valence-corrected chi connectivity index (χ0v) is 14.4. The summed E-state index contributed by atoms with van der Waals surface area (Å²) in [4.78, 5) is 16.7. The first kappa shape index (κ1) is 16.7. The molecule has 4 rings (SSSR count). The van der Waals surface area contributed by atoms with Gasteiger partial charge in [-0.15, -0.1) is 0 Å². The summed E-state index contributed by atoms with van der Waals surface area (Å²) in [5.41, 5.74) is 2.66. The molecular weight excluding hydrogens is 340 g/mol. The number of rotatable bonds is 2. The highest BCUT2D eigenvalue weighted by molar-refractivity contribution is 6.04. The van der Waals surface area contributed by atoms with Crippen LogP contribution in [0.25, 0.3) is 0 Å². The topological polar surface area (TPSA) is 60.5 Å². The van der Waals surface area contributed by atoms with E-state index in [0.717, 1.165) is 5.56 Å². The number of nitrogens with one attached hydrogen (secondary N) is 1. The molecule has 1 aromatic heterocycles. The average Bonchev–Trinajstić information content (AvgIpc) is 2.73. The molecule has 0 saturated heterocycles. The Hall–Kier alpha value is -3.78. The van der Waals surface area contributed by atoms with Crippen molar-refractivity contribution in [1.29, 1.82) is 0 Å². The third-order valence-corrected chi connectivity index (χ3v) is 3.92. The molecule has 2 heterocycles. The number of fused-ring (bicyclic) bond motifs is 1. The highest BCUT2D eigenvalue weighted by Gasteiger charge is 2.15. The molecule has 0 atom stereocenters. The van der Waals surface area contributed by atoms with Crippen LogP contribution in [0.1, 0.15) is 21.6 Å². The van der Waals surface area contributed by atoms with Gasteiger partial charge in [0.25, 0.3) is 5.91 Å². The summed E-state index contributed by atoms with van der Waals surface area (Å²) in [5, 5.41) is 2.88. The van der Waals surface area contributed by atoms with Gasteiger partial charge in [-0.25, -0.2) is 4.98 Å². The Morgan fingerprint density at radius 1 is 0.926 bits per heavy atom. The van der Waals surface area contributed by atoms with Gasteiger partial charge in [-0.3, -0.25) is 4.79 Å². The Morgan fingerprint density at radius 3 is 2.67 bits per heavy atom. The van der Waals surface area contributed by atoms with E-state index < -0.39 is 0 Å². The van der Waals surface area contributed by atoms with Crippen molar-refractivity contribution in [3.05, 3.63) is 83.7 Å². The van der Waals surface area contributed by atoms with E-state index in [4.69, 9.17) is 9.47 Å². The molecule has 0 spiro atoms. The highest BCUT2D eigenvalue weighted by atomic mass is 16.6. The van der Waals surface area contributed by atoms with Crippen molar-refractivity contribution in [1.82, 2.24) is 4.98 Å². The lowest BCUT2D eigenvalue weighted by Gasteiger charge is -2.18. The van der Waals surface area contributed by atoms with E-state index in [-0.39, 0.29) is 5.91 Å². The number of nitrogens with zero attached hydrogens (tertiary/aromatic N) is 1. The fourth-order valence-corrected chi connectivity index (χ4v) is 2.64. The van der Waals surface area contributed by atoms with Gasteiger partial charge >= 0.3 is 0 Å². The molecule has 0 radical (unpaired) electrons. The van der Waals surface area contributed by atoms with Crippen molar-refractivity contribution in [3.8, 4) is 23.3 Å². The van der Waals surface area contributed by atoms with Gasteiger partial charge in [0.1, 0.15) is 18.9 Å². The van der Waals surface area contributed by atoms with E-state index >= 15 is 0 Å². The lowest BCUT2D eigenvalue weighted by molar-refractivity contribution is 0.102. The molecule has 5 heteroatoms. The van der Waals surface area contributed by atoms with Crippen molar-refractivity contribution < 1.29 is 14.3 Å². The van der Waals surface area contributed by atoms with Crippen LogP contribution in [-0.4, -0.2) is 24.1 Å². The monoisotopic (exact) mass is 356 g/mol. The number of ether oxygens (including phenoxy) is 2. The SMILES string of the molecule is O=C(Nc1cccc(C#Cc2ccccn2)c1)c1ccc2c(c1)OCCO2. The predicted octanol–water partition coefficient (Wildman–Crippen LogP) is 3.50. The minimum absolute atomic E-state index is 0.221. The van der Waals surface area contributed by atoms with Crippen LogP contribution in [0.2, 0.25) is 0 Å². The summed E-state index contributed by atoms with van der Waals surface area (Å²) in [7, 11) is 0. The summed E-state index contributed by atoms with van der Waals surface area (Å²) in [5.74, 6) is 7.08. The number of anilines is 1. The molecule has 1 aliphatic heterocycles. The minimum Gasteiger partial charge on any atom is -0.486 e. The van der Waals surface area contributed by atoms with Crippen LogP contribution >= 0.6 is 0 Å². The maximum absolute atomic E-state index is 12.5. The third-order valence-electron chi connectivity index (χ3n) is 3.92. The van der Waals surface area contributed by atoms with Crippen molar-refractivity contribution in [2.75, 3.05) is 18.5 Å². The molecule has 1 N–H and O–H groups in total. The summed E-state index contributed by atoms with van der Waals surface area (Å²) < 4.78 is 11.0. The fourth-order valence-electron chi connectivity index (χ4n) is 2.64. The quantitative estimate of drug-likeness (QED) is 0.714. The third kappa shape index (κ3) is 4.07. The van der Waals surface area contributed by atoms with Crippen LogP contribution in [0.15, 0.2) is 66.9 Å². The van der Waals surface area contributed by atoms with Crippen molar-refractivity contribution in [2.24, 2.45) is 0 Å². The Morgan fingerprint density at radius 2 is 1.81 bits per heavy atom. The lowest BCUT2D eigenvalue weighted by atomic mass is 10.1. The van der Waals surface area contributed by atoms with Crippen LogP contribution in [0.3, 0.4) is 0 Å². The van der Waals surface area contributed by atoms with Crippen molar-refractivity contribution in [2.45, 2.75) is 0 Å². The lowest BCUT2D eigenvalue weighted by Crippen LogP contribution is -2.17. The van der Waals surface area contributed by atoms with Crippen LogP contribution in [0.4, 0.5) is 5.69 Å². The van der Waals surface area contributed by atoms with Gasteiger partial charge in [0.05, 0.1) is 0 Å². The second-order valence-corrected chi connectivity index (χ2v) is 5.86. The maximum Gasteiger partial charge on any atom is 0.255 e.